The number of nitrogen functional groups attached to an aromatic ring is 1. The largest absolute Gasteiger partial charge is 0.484 e. The number of aromatic nitrogens is 4. The van der Waals surface area contributed by atoms with E-state index in [0.717, 1.165) is 17.8 Å². The van der Waals surface area contributed by atoms with Crippen LogP contribution in [0, 0.1) is 0 Å². The Kier molecular flexibility index (Phi) is 9.21. The number of aromatic amines is 1. The van der Waals surface area contributed by atoms with E-state index >= 15 is 0 Å². The molecule has 1 aliphatic heterocycles. The smallest absolute Gasteiger partial charge is 0.388 e. The molecular formula is C16H25N5O15P2. The highest BCUT2D eigenvalue weighted by atomic mass is 31.3. The van der Waals surface area contributed by atoms with E-state index in [9.17, 15) is 44.3 Å². The molecule has 214 valence electrons. The first-order chi connectivity index (χ1) is 17.6. The molecule has 0 spiro atoms. The summed E-state index contributed by atoms with van der Waals surface area (Å²) in [6, 6.07) is 0. The van der Waals surface area contributed by atoms with Gasteiger partial charge in [0.2, 0.25) is 5.95 Å². The lowest BCUT2D eigenvalue weighted by Crippen LogP contribution is -2.44. The third-order valence-corrected chi connectivity index (χ3v) is 7.99. The molecule has 0 amide bonds. The average molecular weight is 589 g/mol. The second-order valence-electron chi connectivity index (χ2n) is 8.06. The molecule has 9 atom stereocenters. The Balaban J connectivity index is 1.78. The minimum atomic E-state index is -5.58. The molecule has 1 aliphatic rings. The van der Waals surface area contributed by atoms with Gasteiger partial charge in [-0.2, -0.15) is 9.29 Å². The summed E-state index contributed by atoms with van der Waals surface area (Å²) in [5.74, 6) is -0.285. The number of anilines is 1. The molecule has 1 saturated heterocycles. The van der Waals surface area contributed by atoms with Crippen LogP contribution in [0.5, 0.6) is 0 Å². The van der Waals surface area contributed by atoms with Crippen molar-refractivity contribution in [3.05, 3.63) is 16.7 Å². The topological polar surface area (TPSA) is 319 Å². The molecule has 1 fully saturated rings. The van der Waals surface area contributed by atoms with Crippen LogP contribution in [-0.2, 0) is 32.0 Å². The normalized spacial score (nSPS) is 27.1. The number of ether oxygens (including phenoxy) is 1. The lowest BCUT2D eigenvalue weighted by Gasteiger charge is -2.28. The van der Waals surface area contributed by atoms with Gasteiger partial charge in [-0.05, 0) is 6.92 Å². The van der Waals surface area contributed by atoms with E-state index < -0.39 is 76.8 Å². The molecule has 3 heterocycles. The summed E-state index contributed by atoms with van der Waals surface area (Å²) in [4.78, 5) is 50.8. The van der Waals surface area contributed by atoms with Crippen molar-refractivity contribution in [2.45, 2.75) is 55.9 Å². The molecule has 22 heteroatoms. The molecule has 2 aromatic heterocycles. The number of phosphoric ester groups is 1. The quantitative estimate of drug-likeness (QED) is 0.0847. The molecule has 10 N–H and O–H groups in total. The third-order valence-electron chi connectivity index (χ3n) is 5.28. The maximum atomic E-state index is 12.9. The zero-order chi connectivity index (χ0) is 28.6. The highest BCUT2D eigenvalue weighted by Gasteiger charge is 2.47. The number of phosphoric acid groups is 2. The summed E-state index contributed by atoms with van der Waals surface area (Å²) in [5, 5.41) is 49.9. The van der Waals surface area contributed by atoms with E-state index in [1.807, 2.05) is 0 Å². The predicted molar refractivity (Wildman–Crippen MR) is 120 cm³/mol. The van der Waals surface area contributed by atoms with Crippen molar-refractivity contribution in [1.82, 2.24) is 19.5 Å². The van der Waals surface area contributed by atoms with Gasteiger partial charge in [0.25, 0.3) is 5.56 Å². The number of nitrogens with two attached hydrogens (primary N) is 1. The van der Waals surface area contributed by atoms with Crippen molar-refractivity contribution >= 4 is 39.0 Å². The summed E-state index contributed by atoms with van der Waals surface area (Å²) in [5.41, 5.74) is 4.53. The zero-order valence-electron chi connectivity index (χ0n) is 19.2. The Hall–Kier alpha value is -2.16. The number of nitrogens with one attached hydrogen (secondary N) is 1. The number of aliphatic hydroxyl groups excluding tert-OH is 5. The van der Waals surface area contributed by atoms with Crippen LogP contribution in [0.3, 0.4) is 0 Å². The number of fused-ring (bicyclic) bond motifs is 1. The number of nitrogens with zero attached hydrogens (tertiary/aromatic N) is 3. The Morgan fingerprint density at radius 3 is 2.50 bits per heavy atom. The fourth-order valence-electron chi connectivity index (χ4n) is 3.42. The maximum absolute atomic E-state index is 12.9. The Morgan fingerprint density at radius 2 is 1.89 bits per heavy atom. The third kappa shape index (κ3) is 6.69. The molecule has 0 aromatic carbocycles. The summed E-state index contributed by atoms with van der Waals surface area (Å²) in [6.45, 7) is -0.0488. The van der Waals surface area contributed by atoms with Gasteiger partial charge in [0, 0.05) is 0 Å². The standard InChI is InChI=1S/C16H25N5O15P2/c1-5(9(24)10(25)6(23)2-22)35-38(32,36-37(29,30)31)33-3-7-11(26)12(27)15(34-7)21-4-18-8-13(21)19-16(17)20-14(8)28/h2,4-7,9-12,15,23-27H,3H2,1H3,(H2,29,30,31)(H3,17,19,20,28)/t5-,6+,7+,9+,10-,11+,12+,15+,38?/m0/s1. The van der Waals surface area contributed by atoms with Crippen LogP contribution in [0.4, 0.5) is 5.95 Å². The first kappa shape index (κ1) is 30.4. The summed E-state index contributed by atoms with van der Waals surface area (Å²) >= 11 is 0. The molecule has 20 nitrogen and oxygen atoms in total. The van der Waals surface area contributed by atoms with Gasteiger partial charge in [0.1, 0.15) is 36.6 Å². The summed E-state index contributed by atoms with van der Waals surface area (Å²) in [6.07, 6.45) is -13.7. The lowest BCUT2D eigenvalue weighted by atomic mass is 10.1. The number of carbonyl (C=O) groups is 1. The van der Waals surface area contributed by atoms with Crippen molar-refractivity contribution in [3.63, 3.8) is 0 Å². The van der Waals surface area contributed by atoms with Gasteiger partial charge in [-0.1, -0.05) is 0 Å². The number of hydrogen-bond acceptors (Lipinski definition) is 16. The molecule has 0 saturated carbocycles. The van der Waals surface area contributed by atoms with Crippen molar-refractivity contribution in [3.8, 4) is 0 Å². The first-order valence-corrected chi connectivity index (χ1v) is 13.5. The fourth-order valence-corrected chi connectivity index (χ4v) is 5.73. The van der Waals surface area contributed by atoms with Crippen LogP contribution >= 0.6 is 15.6 Å². The molecule has 0 bridgehead atoms. The minimum Gasteiger partial charge on any atom is -0.388 e. The van der Waals surface area contributed by atoms with Crippen LogP contribution in [0.15, 0.2) is 11.1 Å². The number of H-pyrrole nitrogens is 1. The number of hydrogen-bond donors (Lipinski definition) is 9. The number of carbonyl (C=O) groups excluding carboxylic acids is 1. The highest BCUT2D eigenvalue weighted by Crippen LogP contribution is 2.62. The Labute approximate surface area is 211 Å². The maximum Gasteiger partial charge on any atom is 0.484 e. The lowest BCUT2D eigenvalue weighted by molar-refractivity contribution is -0.132. The van der Waals surface area contributed by atoms with E-state index in [1.54, 1.807) is 0 Å². The highest BCUT2D eigenvalue weighted by molar-refractivity contribution is 7.61. The monoisotopic (exact) mass is 589 g/mol. The van der Waals surface area contributed by atoms with E-state index in [1.165, 1.54) is 0 Å². The first-order valence-electron chi connectivity index (χ1n) is 10.5. The second kappa shape index (κ2) is 11.5. The number of rotatable bonds is 12. The summed E-state index contributed by atoms with van der Waals surface area (Å²) in [7, 11) is -10.9. The van der Waals surface area contributed by atoms with Crippen LogP contribution in [-0.4, -0.2) is 110 Å². The van der Waals surface area contributed by atoms with Crippen LogP contribution < -0.4 is 11.3 Å². The SMILES string of the molecule is C[C@H](OP(=O)(OC[C@H]1O[C@@H](n2cnc3c(=O)[nH]c(N)nc32)[C@H](O)[C@@H]1O)OP(=O)(O)O)[C@@H](O)[C@@H](O)[C@H](O)C=O. The number of aldehydes is 1. The molecule has 1 unspecified atom stereocenters. The van der Waals surface area contributed by atoms with Crippen LogP contribution in [0.1, 0.15) is 13.2 Å². The van der Waals surface area contributed by atoms with Gasteiger partial charge in [-0.25, -0.2) is 14.1 Å². The van der Waals surface area contributed by atoms with E-state index in [-0.39, 0.29) is 23.4 Å². The van der Waals surface area contributed by atoms with Gasteiger partial charge in [-0.15, -0.1) is 0 Å². The second-order valence-corrected chi connectivity index (χ2v) is 11.1. The molecule has 2 aromatic rings. The van der Waals surface area contributed by atoms with Crippen LogP contribution in [0.25, 0.3) is 11.2 Å². The molecule has 38 heavy (non-hydrogen) atoms. The molecule has 3 rings (SSSR count). The molecule has 0 radical (unpaired) electrons. The minimum absolute atomic E-state index is 0.118. The fraction of sp³-hybridized carbons (Fsp3) is 0.625. The van der Waals surface area contributed by atoms with Crippen molar-refractivity contribution < 1.29 is 67.3 Å². The van der Waals surface area contributed by atoms with Crippen molar-refractivity contribution in [2.24, 2.45) is 0 Å². The van der Waals surface area contributed by atoms with Gasteiger partial charge >= 0.3 is 15.6 Å². The Morgan fingerprint density at radius 1 is 1.24 bits per heavy atom. The van der Waals surface area contributed by atoms with E-state index in [2.05, 4.69) is 19.3 Å². The number of imidazole rings is 1. The van der Waals surface area contributed by atoms with Crippen molar-refractivity contribution in [1.29, 1.82) is 0 Å². The molecular weight excluding hydrogens is 564 g/mol. The van der Waals surface area contributed by atoms with Gasteiger partial charge in [0.15, 0.2) is 23.7 Å². The predicted octanol–water partition coefficient (Wildman–Crippen LogP) is -3.76. The van der Waals surface area contributed by atoms with Crippen molar-refractivity contribution in [2.75, 3.05) is 12.3 Å². The van der Waals surface area contributed by atoms with Gasteiger partial charge in [0.05, 0.1) is 19.0 Å². The zero-order valence-corrected chi connectivity index (χ0v) is 21.0. The number of aliphatic hydroxyl groups is 5. The van der Waals surface area contributed by atoms with E-state index in [0.29, 0.717) is 0 Å². The Bertz CT molecular complexity index is 1300. The van der Waals surface area contributed by atoms with Crippen LogP contribution in [0.2, 0.25) is 0 Å². The van der Waals surface area contributed by atoms with Gasteiger partial charge in [-0.3, -0.25) is 23.4 Å². The average Bonchev–Trinajstić information content (AvgIpc) is 3.35. The summed E-state index contributed by atoms with van der Waals surface area (Å²) < 4.78 is 44.6. The van der Waals surface area contributed by atoms with E-state index in [4.69, 9.17) is 29.3 Å². The molecule has 0 aliphatic carbocycles. The van der Waals surface area contributed by atoms with Gasteiger partial charge < -0.3 is 50.6 Å².